The van der Waals surface area contributed by atoms with Crippen LogP contribution in [0.2, 0.25) is 0 Å². The smallest absolute Gasteiger partial charge is 0.313 e. The highest BCUT2D eigenvalue weighted by atomic mass is 19.1. The molecule has 0 aromatic carbocycles. The second kappa shape index (κ2) is 7.58. The van der Waals surface area contributed by atoms with Crippen LogP contribution < -0.4 is 0 Å². The maximum absolute atomic E-state index is 17.4. The molecule has 0 aromatic rings. The third-order valence-corrected chi connectivity index (χ3v) is 10.8. The topological polar surface area (TPSA) is 99.1 Å². The summed E-state index contributed by atoms with van der Waals surface area (Å²) < 4.78 is 35.5. The van der Waals surface area contributed by atoms with E-state index < -0.39 is 64.2 Å². The zero-order valence-corrected chi connectivity index (χ0v) is 21.2. The minimum atomic E-state index is -2.01. The second-order valence-electron chi connectivity index (χ2n) is 12.2. The number of aliphatic hydroxyl groups is 1. The first-order valence-corrected chi connectivity index (χ1v) is 13.3. The number of Topliss-reactive ketones (excluding diaryl/α,β-unsaturated/α-hetero) is 1. The van der Waals surface area contributed by atoms with Crippen LogP contribution in [-0.4, -0.2) is 59.0 Å². The Morgan fingerprint density at radius 3 is 2.64 bits per heavy atom. The fourth-order valence-corrected chi connectivity index (χ4v) is 9.10. The Hall–Kier alpha value is -1.90. The molecule has 1 N–H and O–H groups in total. The number of alkyl halides is 1. The molecule has 6 rings (SSSR count). The second-order valence-corrected chi connectivity index (χ2v) is 12.2. The normalized spacial score (nSPS) is 48.1. The van der Waals surface area contributed by atoms with Gasteiger partial charge in [0.1, 0.15) is 6.42 Å². The van der Waals surface area contributed by atoms with E-state index in [1.54, 1.807) is 13.0 Å². The molecule has 8 atom stereocenters. The van der Waals surface area contributed by atoms with Gasteiger partial charge in [0.25, 0.3) is 0 Å². The number of hydrogen-bond acceptors (Lipinski definition) is 7. The number of methoxy groups -OCH3 is 1. The molecule has 5 fully saturated rings. The van der Waals surface area contributed by atoms with Crippen molar-refractivity contribution in [1.29, 1.82) is 0 Å². The number of ether oxygens (including phenoxy) is 3. The Morgan fingerprint density at radius 1 is 1.22 bits per heavy atom. The fourth-order valence-electron chi connectivity index (χ4n) is 9.10. The van der Waals surface area contributed by atoms with E-state index in [2.05, 4.69) is 0 Å². The molecule has 1 aliphatic heterocycles. The van der Waals surface area contributed by atoms with Gasteiger partial charge in [0.2, 0.25) is 0 Å². The van der Waals surface area contributed by atoms with Crippen molar-refractivity contribution in [2.45, 2.75) is 101 Å². The largest absolute Gasteiger partial charge is 0.469 e. The third-order valence-electron chi connectivity index (χ3n) is 10.8. The summed E-state index contributed by atoms with van der Waals surface area (Å²) in [5.41, 5.74) is -4.79. The van der Waals surface area contributed by atoms with E-state index in [4.69, 9.17) is 14.2 Å². The van der Waals surface area contributed by atoms with E-state index in [1.165, 1.54) is 19.3 Å². The number of rotatable bonds is 3. The summed E-state index contributed by atoms with van der Waals surface area (Å²) in [5, 5.41) is 11.6. The van der Waals surface area contributed by atoms with Crippen molar-refractivity contribution in [3.63, 3.8) is 0 Å². The summed E-state index contributed by atoms with van der Waals surface area (Å²) >= 11 is 0. The van der Waals surface area contributed by atoms with E-state index in [9.17, 15) is 19.5 Å². The van der Waals surface area contributed by atoms with Crippen molar-refractivity contribution in [2.75, 3.05) is 7.11 Å². The Morgan fingerprint density at radius 2 is 1.94 bits per heavy atom. The van der Waals surface area contributed by atoms with Gasteiger partial charge in [-0.15, -0.1) is 0 Å². The molecule has 196 valence electrons. The Labute approximate surface area is 210 Å². The van der Waals surface area contributed by atoms with Crippen LogP contribution in [-0.2, 0) is 28.6 Å². The van der Waals surface area contributed by atoms with Crippen LogP contribution in [0.25, 0.3) is 0 Å². The van der Waals surface area contributed by atoms with Gasteiger partial charge in [-0.3, -0.25) is 14.4 Å². The minimum absolute atomic E-state index is 0.00181. The molecule has 0 aromatic heterocycles. The van der Waals surface area contributed by atoms with Crippen LogP contribution in [0.5, 0.6) is 0 Å². The number of allylic oxidation sites excluding steroid dienone is 4. The van der Waals surface area contributed by atoms with Crippen LogP contribution in [0, 0.1) is 22.7 Å². The number of esters is 1. The summed E-state index contributed by atoms with van der Waals surface area (Å²) in [7, 11) is 1.24. The monoisotopic (exact) mass is 502 g/mol. The van der Waals surface area contributed by atoms with E-state index >= 15 is 4.39 Å². The number of carbonyl (C=O) groups excluding carboxylic acids is 3. The van der Waals surface area contributed by atoms with Gasteiger partial charge in [0.05, 0.1) is 19.3 Å². The van der Waals surface area contributed by atoms with Crippen LogP contribution >= 0.6 is 0 Å². The first kappa shape index (κ1) is 24.4. The Bertz CT molecular complexity index is 1090. The maximum Gasteiger partial charge on any atom is 0.313 e. The van der Waals surface area contributed by atoms with Crippen molar-refractivity contribution in [1.82, 2.24) is 0 Å². The number of carbonyl (C=O) groups is 3. The van der Waals surface area contributed by atoms with E-state index in [1.807, 2.05) is 6.92 Å². The molecule has 0 bridgehead atoms. The molecule has 5 aliphatic carbocycles. The van der Waals surface area contributed by atoms with E-state index in [-0.39, 0.29) is 18.1 Å². The van der Waals surface area contributed by atoms with E-state index in [0.717, 1.165) is 12.8 Å². The predicted octanol–water partition coefficient (Wildman–Crippen LogP) is 3.52. The first-order valence-electron chi connectivity index (χ1n) is 13.3. The van der Waals surface area contributed by atoms with Crippen LogP contribution in [0.15, 0.2) is 23.8 Å². The van der Waals surface area contributed by atoms with Crippen molar-refractivity contribution >= 4 is 17.5 Å². The molecule has 1 saturated heterocycles. The summed E-state index contributed by atoms with van der Waals surface area (Å²) in [6.07, 6.45) is 6.67. The number of hydrogen-bond donors (Lipinski definition) is 1. The molecule has 6 aliphatic rings. The lowest BCUT2D eigenvalue weighted by atomic mass is 9.44. The highest BCUT2D eigenvalue weighted by molar-refractivity contribution is 6.02. The van der Waals surface area contributed by atoms with E-state index in [0.29, 0.717) is 37.7 Å². The Balaban J connectivity index is 1.45. The molecular formula is C28H35FO7. The van der Waals surface area contributed by atoms with Gasteiger partial charge in [0.15, 0.2) is 28.6 Å². The van der Waals surface area contributed by atoms with Gasteiger partial charge in [-0.25, -0.2) is 4.39 Å². The zero-order chi connectivity index (χ0) is 25.7. The van der Waals surface area contributed by atoms with Crippen LogP contribution in [0.4, 0.5) is 4.39 Å². The average molecular weight is 503 g/mol. The summed E-state index contributed by atoms with van der Waals surface area (Å²) in [4.78, 5) is 38.2. The van der Waals surface area contributed by atoms with Gasteiger partial charge in [-0.1, -0.05) is 18.6 Å². The molecule has 0 radical (unpaired) electrons. The molecule has 36 heavy (non-hydrogen) atoms. The number of halogens is 1. The molecule has 1 heterocycles. The molecule has 0 amide bonds. The summed E-state index contributed by atoms with van der Waals surface area (Å²) in [6.45, 7) is 3.69. The number of aliphatic hydroxyl groups excluding tert-OH is 1. The lowest BCUT2D eigenvalue weighted by molar-refractivity contribution is -0.252. The molecule has 1 spiro atoms. The molecule has 7 nitrogen and oxygen atoms in total. The number of fused-ring (bicyclic) bond motifs is 7. The van der Waals surface area contributed by atoms with Crippen molar-refractivity contribution < 1.29 is 38.1 Å². The van der Waals surface area contributed by atoms with Gasteiger partial charge in [0, 0.05) is 29.6 Å². The molecular weight excluding hydrogens is 467 g/mol. The standard InChI is InChI=1S/C28H35FO7/c1-24-11-8-17(30)12-16(24)6-7-18-19-13-22-28(20(31)14-23(33)34-3,36-26(35-22)9-4-5-10-26)25(19,2)15-21(32)27(18,24)29/h8,11-12,18-19,21-22,32H,4-7,9-10,13-15H2,1-3H3. The lowest BCUT2D eigenvalue weighted by Crippen LogP contribution is -2.69. The molecule has 8 heteroatoms. The van der Waals surface area contributed by atoms with Crippen LogP contribution in [0.1, 0.15) is 71.6 Å². The summed E-state index contributed by atoms with van der Waals surface area (Å²) in [5.74, 6) is -2.96. The van der Waals surface area contributed by atoms with Crippen molar-refractivity contribution in [2.24, 2.45) is 22.7 Å². The van der Waals surface area contributed by atoms with Gasteiger partial charge >= 0.3 is 5.97 Å². The zero-order valence-electron chi connectivity index (χ0n) is 21.2. The van der Waals surface area contributed by atoms with Gasteiger partial charge in [-0.05, 0) is 63.5 Å². The lowest BCUT2D eigenvalue weighted by Gasteiger charge is -2.62. The highest BCUT2D eigenvalue weighted by Crippen LogP contribution is 2.73. The molecule has 4 saturated carbocycles. The van der Waals surface area contributed by atoms with Crippen LogP contribution in [0.3, 0.4) is 0 Å². The van der Waals surface area contributed by atoms with Crippen molar-refractivity contribution in [3.05, 3.63) is 23.8 Å². The first-order chi connectivity index (χ1) is 17.0. The minimum Gasteiger partial charge on any atom is -0.469 e. The average Bonchev–Trinajstić information content (AvgIpc) is 3.48. The highest BCUT2D eigenvalue weighted by Gasteiger charge is 2.80. The quantitative estimate of drug-likeness (QED) is 0.466. The number of ketones is 2. The van der Waals surface area contributed by atoms with Gasteiger partial charge < -0.3 is 19.3 Å². The maximum atomic E-state index is 17.4. The predicted molar refractivity (Wildman–Crippen MR) is 125 cm³/mol. The fraction of sp³-hybridized carbons (Fsp3) is 0.750. The Kier molecular flexibility index (Phi) is 5.14. The molecule has 8 unspecified atom stereocenters. The van der Waals surface area contributed by atoms with Crippen molar-refractivity contribution in [3.8, 4) is 0 Å². The third kappa shape index (κ3) is 2.76. The summed E-state index contributed by atoms with van der Waals surface area (Å²) in [6, 6.07) is 0. The SMILES string of the molecule is COC(=O)CC(=O)C12OC3(CCCC3)OC1CC1C3CCC4=CC(=O)C=CC4(C)C3(F)C(O)CC12C. The van der Waals surface area contributed by atoms with Gasteiger partial charge in [-0.2, -0.15) is 0 Å².